The lowest BCUT2D eigenvalue weighted by Crippen LogP contribution is -2.16. The average Bonchev–Trinajstić information content (AvgIpc) is 3.05. The van der Waals surface area contributed by atoms with E-state index in [1.54, 1.807) is 0 Å². The van der Waals surface area contributed by atoms with Crippen molar-refractivity contribution >= 4 is 23.4 Å². The maximum atomic E-state index is 6.37. The highest BCUT2D eigenvalue weighted by Gasteiger charge is 2.22. The fourth-order valence-corrected chi connectivity index (χ4v) is 4.25. The van der Waals surface area contributed by atoms with E-state index >= 15 is 0 Å². The zero-order valence-electron chi connectivity index (χ0n) is 10.6. The number of hydrogen-bond donors (Lipinski definition) is 1. The van der Waals surface area contributed by atoms with Crippen LogP contribution in [-0.2, 0) is 6.54 Å². The molecule has 0 radical (unpaired) electrons. The Morgan fingerprint density at radius 1 is 1.17 bits per heavy atom. The van der Waals surface area contributed by atoms with Crippen molar-refractivity contribution in [2.24, 2.45) is 0 Å². The normalized spacial score (nSPS) is 20.5. The summed E-state index contributed by atoms with van der Waals surface area (Å²) in [5.41, 5.74) is 1.31. The van der Waals surface area contributed by atoms with E-state index in [9.17, 15) is 0 Å². The van der Waals surface area contributed by atoms with Crippen LogP contribution in [0.15, 0.2) is 23.1 Å². The monoisotopic (exact) mass is 281 g/mol. The third-order valence-electron chi connectivity index (χ3n) is 3.82. The number of nitrogens with one attached hydrogen (secondary N) is 1. The Morgan fingerprint density at radius 3 is 2.67 bits per heavy atom. The lowest BCUT2D eigenvalue weighted by molar-refractivity contribution is 0.680. The van der Waals surface area contributed by atoms with Gasteiger partial charge in [0.25, 0.3) is 0 Å². The van der Waals surface area contributed by atoms with Crippen LogP contribution in [0, 0.1) is 0 Å². The molecular formula is C15H20ClNS. The van der Waals surface area contributed by atoms with Gasteiger partial charge in [0.1, 0.15) is 0 Å². The summed E-state index contributed by atoms with van der Waals surface area (Å²) >= 11 is 8.41. The standard InChI is InChI=1S/C15H20ClNS/c16-14-6-3-7-15(18-12-4-1-2-5-12)13(14)10-17-11-8-9-11/h3,6-7,11-12,17H,1-2,4-5,8-10H2. The van der Waals surface area contributed by atoms with Gasteiger partial charge < -0.3 is 5.32 Å². The molecule has 1 N–H and O–H groups in total. The van der Waals surface area contributed by atoms with Crippen LogP contribution in [0.3, 0.4) is 0 Å². The first-order valence-electron chi connectivity index (χ1n) is 7.00. The van der Waals surface area contributed by atoms with Crippen molar-refractivity contribution in [1.29, 1.82) is 0 Å². The van der Waals surface area contributed by atoms with E-state index in [1.165, 1.54) is 49.0 Å². The minimum absolute atomic E-state index is 0.741. The van der Waals surface area contributed by atoms with Gasteiger partial charge >= 0.3 is 0 Å². The summed E-state index contributed by atoms with van der Waals surface area (Å²) < 4.78 is 0. The maximum absolute atomic E-state index is 6.37. The number of thioether (sulfide) groups is 1. The Balaban J connectivity index is 1.71. The molecule has 3 heteroatoms. The van der Waals surface area contributed by atoms with Gasteiger partial charge in [0.05, 0.1) is 0 Å². The topological polar surface area (TPSA) is 12.0 Å². The van der Waals surface area contributed by atoms with Gasteiger partial charge in [-0.15, -0.1) is 11.8 Å². The molecule has 0 saturated heterocycles. The van der Waals surface area contributed by atoms with Gasteiger partial charge in [0.15, 0.2) is 0 Å². The van der Waals surface area contributed by atoms with Crippen LogP contribution in [-0.4, -0.2) is 11.3 Å². The molecule has 2 aliphatic carbocycles. The first-order valence-corrected chi connectivity index (χ1v) is 8.26. The minimum Gasteiger partial charge on any atom is -0.310 e. The molecule has 2 fully saturated rings. The lowest BCUT2D eigenvalue weighted by atomic mass is 10.2. The van der Waals surface area contributed by atoms with Crippen LogP contribution >= 0.6 is 23.4 Å². The van der Waals surface area contributed by atoms with Crippen LogP contribution in [0.1, 0.15) is 44.1 Å². The third kappa shape index (κ3) is 3.23. The van der Waals surface area contributed by atoms with E-state index in [0.29, 0.717) is 0 Å². The lowest BCUT2D eigenvalue weighted by Gasteiger charge is -2.15. The van der Waals surface area contributed by atoms with Crippen LogP contribution in [0.4, 0.5) is 0 Å². The van der Waals surface area contributed by atoms with E-state index in [1.807, 2.05) is 17.8 Å². The Hall–Kier alpha value is -0.180. The molecule has 1 nitrogen and oxygen atoms in total. The number of hydrogen-bond acceptors (Lipinski definition) is 2. The fraction of sp³-hybridized carbons (Fsp3) is 0.600. The highest BCUT2D eigenvalue weighted by molar-refractivity contribution is 8.00. The maximum Gasteiger partial charge on any atom is 0.0462 e. The van der Waals surface area contributed by atoms with E-state index < -0.39 is 0 Å². The Bertz CT molecular complexity index is 411. The molecule has 2 aliphatic rings. The molecule has 0 spiro atoms. The summed E-state index contributed by atoms with van der Waals surface area (Å²) in [6.45, 7) is 0.930. The molecule has 3 rings (SSSR count). The van der Waals surface area contributed by atoms with Gasteiger partial charge in [-0.2, -0.15) is 0 Å². The quantitative estimate of drug-likeness (QED) is 0.845. The van der Waals surface area contributed by atoms with Crippen molar-refractivity contribution in [2.45, 2.75) is 61.3 Å². The summed E-state index contributed by atoms with van der Waals surface area (Å²) in [7, 11) is 0. The minimum atomic E-state index is 0.741. The van der Waals surface area contributed by atoms with Crippen molar-refractivity contribution in [3.05, 3.63) is 28.8 Å². The zero-order valence-corrected chi connectivity index (χ0v) is 12.2. The predicted octanol–water partition coefficient (Wildman–Crippen LogP) is 4.63. The Morgan fingerprint density at radius 2 is 1.94 bits per heavy atom. The fourth-order valence-electron chi connectivity index (χ4n) is 2.54. The van der Waals surface area contributed by atoms with E-state index in [4.69, 9.17) is 11.6 Å². The van der Waals surface area contributed by atoms with Gasteiger partial charge in [-0.3, -0.25) is 0 Å². The van der Waals surface area contributed by atoms with E-state index in [0.717, 1.165) is 22.9 Å². The van der Waals surface area contributed by atoms with E-state index in [-0.39, 0.29) is 0 Å². The molecule has 2 saturated carbocycles. The summed E-state index contributed by atoms with van der Waals surface area (Å²) in [5.74, 6) is 0. The van der Waals surface area contributed by atoms with Crippen molar-refractivity contribution < 1.29 is 0 Å². The van der Waals surface area contributed by atoms with Crippen LogP contribution in [0.5, 0.6) is 0 Å². The SMILES string of the molecule is Clc1cccc(SC2CCCC2)c1CNC1CC1. The zero-order chi connectivity index (χ0) is 12.4. The second kappa shape index (κ2) is 5.85. The molecular weight excluding hydrogens is 262 g/mol. The number of halogens is 1. The van der Waals surface area contributed by atoms with E-state index in [2.05, 4.69) is 17.4 Å². The molecule has 0 unspecified atom stereocenters. The van der Waals surface area contributed by atoms with Gasteiger partial charge in [0, 0.05) is 27.8 Å². The third-order valence-corrected chi connectivity index (χ3v) is 5.61. The highest BCUT2D eigenvalue weighted by atomic mass is 35.5. The summed E-state index contributed by atoms with van der Waals surface area (Å²) in [5, 5.41) is 5.31. The van der Waals surface area contributed by atoms with Crippen molar-refractivity contribution in [3.8, 4) is 0 Å². The van der Waals surface area contributed by atoms with Gasteiger partial charge in [-0.1, -0.05) is 30.5 Å². The molecule has 1 aromatic carbocycles. The molecule has 0 aromatic heterocycles. The van der Waals surface area contributed by atoms with Crippen LogP contribution in [0.2, 0.25) is 5.02 Å². The molecule has 1 aromatic rings. The molecule has 18 heavy (non-hydrogen) atoms. The summed E-state index contributed by atoms with van der Waals surface area (Å²) in [4.78, 5) is 1.39. The molecule has 0 aliphatic heterocycles. The Labute approximate surface area is 119 Å². The molecule has 0 amide bonds. The number of benzene rings is 1. The van der Waals surface area contributed by atoms with Crippen molar-refractivity contribution in [2.75, 3.05) is 0 Å². The van der Waals surface area contributed by atoms with Gasteiger partial charge in [-0.05, 0) is 43.4 Å². The second-order valence-corrected chi connectivity index (χ2v) is 7.15. The summed E-state index contributed by atoms with van der Waals surface area (Å²) in [6.07, 6.45) is 8.19. The predicted molar refractivity (Wildman–Crippen MR) is 79.4 cm³/mol. The smallest absolute Gasteiger partial charge is 0.0462 e. The molecule has 0 atom stereocenters. The first kappa shape index (κ1) is 12.8. The van der Waals surface area contributed by atoms with Crippen molar-refractivity contribution in [1.82, 2.24) is 5.32 Å². The summed E-state index contributed by atoms with van der Waals surface area (Å²) in [6, 6.07) is 7.08. The average molecular weight is 282 g/mol. The second-order valence-electron chi connectivity index (χ2n) is 5.40. The van der Waals surface area contributed by atoms with Crippen LogP contribution < -0.4 is 5.32 Å². The molecule has 98 valence electrons. The number of rotatable bonds is 5. The highest BCUT2D eigenvalue weighted by Crippen LogP contribution is 2.38. The Kier molecular flexibility index (Phi) is 4.17. The first-order chi connectivity index (χ1) is 8.83. The van der Waals surface area contributed by atoms with Gasteiger partial charge in [0.2, 0.25) is 0 Å². The molecule has 0 heterocycles. The van der Waals surface area contributed by atoms with Crippen molar-refractivity contribution in [3.63, 3.8) is 0 Å². The van der Waals surface area contributed by atoms with Crippen LogP contribution in [0.25, 0.3) is 0 Å². The molecule has 0 bridgehead atoms. The van der Waals surface area contributed by atoms with Gasteiger partial charge in [-0.25, -0.2) is 0 Å². The largest absolute Gasteiger partial charge is 0.310 e.